The number of rotatable bonds is 5. The minimum atomic E-state index is -0.821. The van der Waals surface area contributed by atoms with Crippen LogP contribution in [0.4, 0.5) is 0 Å². The van der Waals surface area contributed by atoms with Crippen molar-refractivity contribution in [1.29, 1.82) is 0 Å². The molecule has 2 N–H and O–H groups in total. The zero-order chi connectivity index (χ0) is 21.5. The lowest BCUT2D eigenvalue weighted by molar-refractivity contribution is -0.144. The van der Waals surface area contributed by atoms with Gasteiger partial charge >= 0.3 is 5.97 Å². The van der Waals surface area contributed by atoms with Gasteiger partial charge in [-0.2, -0.15) is 0 Å². The minimum Gasteiger partial charge on any atom is -0.480 e. The van der Waals surface area contributed by atoms with Crippen LogP contribution in [0, 0.1) is 0 Å². The molecule has 3 heterocycles. The van der Waals surface area contributed by atoms with E-state index in [1.807, 2.05) is 35.9 Å². The highest BCUT2D eigenvalue weighted by molar-refractivity contribution is 7.25. The fourth-order valence-electron chi connectivity index (χ4n) is 4.71. The molecule has 1 aliphatic heterocycles. The van der Waals surface area contributed by atoms with Crippen LogP contribution in [0.3, 0.4) is 0 Å². The Labute approximate surface area is 183 Å². The summed E-state index contributed by atoms with van der Waals surface area (Å²) in [6.45, 7) is 1.21. The first-order valence-corrected chi connectivity index (χ1v) is 11.3. The van der Waals surface area contributed by atoms with Crippen LogP contribution in [0.1, 0.15) is 42.0 Å². The fraction of sp³-hybridized carbons (Fsp3) is 0.348. The van der Waals surface area contributed by atoms with Crippen molar-refractivity contribution < 1.29 is 15.0 Å². The van der Waals surface area contributed by atoms with Crippen LogP contribution in [-0.2, 0) is 18.4 Å². The number of carboxylic acids is 1. The Morgan fingerprint density at radius 2 is 1.87 bits per heavy atom. The lowest BCUT2D eigenvalue weighted by atomic mass is 9.93. The maximum Gasteiger partial charge on any atom is 0.325 e. The molecule has 0 saturated carbocycles. The molecule has 2 aromatic heterocycles. The monoisotopic (exact) mass is 436 g/mol. The van der Waals surface area contributed by atoms with E-state index in [0.29, 0.717) is 18.9 Å². The van der Waals surface area contributed by atoms with Crippen LogP contribution < -0.4 is 0 Å². The number of hydrogen-bond acceptors (Lipinski definition) is 6. The molecule has 0 radical (unpaired) electrons. The number of hydrogen-bond donors (Lipinski definition) is 2. The number of benzene rings is 2. The van der Waals surface area contributed by atoms with Crippen LogP contribution in [0.2, 0.25) is 0 Å². The predicted molar refractivity (Wildman–Crippen MR) is 120 cm³/mol. The Hall–Kier alpha value is -2.81. The standard InChI is InChI=1S/C23H24N4O3S/c1-26-20(13-28)24-25-22(26)14-8-10-27(11-9-14)21(23(29)30)15-6-7-19-17(12-15)16-4-2-3-5-18(16)31-19/h2-7,12,14,21,28H,8-11,13H2,1H3,(H,29,30). The molecule has 1 aliphatic rings. The fourth-order valence-corrected chi connectivity index (χ4v) is 5.79. The number of thiophene rings is 1. The second-order valence-electron chi connectivity index (χ2n) is 8.10. The van der Waals surface area contributed by atoms with Crippen molar-refractivity contribution >= 4 is 37.5 Å². The summed E-state index contributed by atoms with van der Waals surface area (Å²) in [4.78, 5) is 14.3. The summed E-state index contributed by atoms with van der Waals surface area (Å²) in [5.41, 5.74) is 0.822. The largest absolute Gasteiger partial charge is 0.480 e. The van der Waals surface area contributed by atoms with Crippen molar-refractivity contribution in [2.24, 2.45) is 7.05 Å². The normalized spacial score (nSPS) is 16.8. The number of carbonyl (C=O) groups is 1. The SMILES string of the molecule is Cn1c(CO)nnc1C1CCN(C(C(=O)O)c2ccc3sc4ccccc4c3c2)CC1. The van der Waals surface area contributed by atoms with Crippen LogP contribution >= 0.6 is 11.3 Å². The highest BCUT2D eigenvalue weighted by atomic mass is 32.1. The lowest BCUT2D eigenvalue weighted by Gasteiger charge is -2.35. The Kier molecular flexibility index (Phi) is 5.21. The highest BCUT2D eigenvalue weighted by Crippen LogP contribution is 2.37. The molecule has 5 rings (SSSR count). The number of nitrogens with zero attached hydrogens (tertiary/aromatic N) is 4. The van der Waals surface area contributed by atoms with Gasteiger partial charge in [-0.3, -0.25) is 9.69 Å². The third-order valence-electron chi connectivity index (χ3n) is 6.35. The summed E-state index contributed by atoms with van der Waals surface area (Å²) in [6, 6.07) is 13.6. The molecule has 8 heteroatoms. The van der Waals surface area contributed by atoms with E-state index in [9.17, 15) is 15.0 Å². The average Bonchev–Trinajstić information content (AvgIpc) is 3.34. The quantitative estimate of drug-likeness (QED) is 0.496. The molecule has 31 heavy (non-hydrogen) atoms. The molecule has 0 bridgehead atoms. The number of likely N-dealkylation sites (tertiary alicyclic amines) is 1. The summed E-state index contributed by atoms with van der Waals surface area (Å²) in [6.07, 6.45) is 1.62. The molecule has 1 atom stereocenters. The van der Waals surface area contributed by atoms with Gasteiger partial charge in [0.05, 0.1) is 0 Å². The van der Waals surface area contributed by atoms with E-state index in [4.69, 9.17) is 0 Å². The second kappa shape index (κ2) is 8.03. The number of fused-ring (bicyclic) bond motifs is 3. The summed E-state index contributed by atoms with van der Waals surface area (Å²) in [7, 11) is 1.87. The van der Waals surface area contributed by atoms with Crippen LogP contribution in [-0.4, -0.2) is 48.9 Å². The number of aliphatic hydroxyl groups excluding tert-OH is 1. The third kappa shape index (κ3) is 3.50. The van der Waals surface area contributed by atoms with Crippen molar-refractivity contribution in [2.45, 2.75) is 31.4 Å². The molecule has 4 aromatic rings. The van der Waals surface area contributed by atoms with Crippen molar-refractivity contribution in [2.75, 3.05) is 13.1 Å². The molecular weight excluding hydrogens is 412 g/mol. The molecular formula is C23H24N4O3S. The average molecular weight is 437 g/mol. The first-order chi connectivity index (χ1) is 15.1. The van der Waals surface area contributed by atoms with E-state index in [0.717, 1.165) is 29.6 Å². The number of aliphatic hydroxyl groups is 1. The van der Waals surface area contributed by atoms with Crippen molar-refractivity contribution in [1.82, 2.24) is 19.7 Å². The van der Waals surface area contributed by atoms with Crippen molar-refractivity contribution in [3.05, 3.63) is 59.7 Å². The van der Waals surface area contributed by atoms with Crippen molar-refractivity contribution in [3.8, 4) is 0 Å². The van der Waals surface area contributed by atoms with E-state index >= 15 is 0 Å². The van der Waals surface area contributed by atoms with E-state index in [2.05, 4.69) is 33.3 Å². The van der Waals surface area contributed by atoms with Gasteiger partial charge in [0.1, 0.15) is 18.5 Å². The van der Waals surface area contributed by atoms with Gasteiger partial charge in [-0.1, -0.05) is 24.3 Å². The second-order valence-corrected chi connectivity index (χ2v) is 9.18. The van der Waals surface area contributed by atoms with Gasteiger partial charge in [0, 0.05) is 33.1 Å². The Balaban J connectivity index is 1.41. The van der Waals surface area contributed by atoms with E-state index in [1.165, 1.54) is 14.8 Å². The Morgan fingerprint density at radius 3 is 2.58 bits per heavy atom. The van der Waals surface area contributed by atoms with E-state index in [1.54, 1.807) is 11.3 Å². The molecule has 1 saturated heterocycles. The molecule has 0 spiro atoms. The van der Waals surface area contributed by atoms with Crippen molar-refractivity contribution in [3.63, 3.8) is 0 Å². The smallest absolute Gasteiger partial charge is 0.325 e. The molecule has 1 fully saturated rings. The van der Waals surface area contributed by atoms with Gasteiger partial charge in [-0.25, -0.2) is 0 Å². The van der Waals surface area contributed by atoms with Gasteiger partial charge < -0.3 is 14.8 Å². The van der Waals surface area contributed by atoms with Crippen LogP contribution in [0.25, 0.3) is 20.2 Å². The van der Waals surface area contributed by atoms with Crippen LogP contribution in [0.5, 0.6) is 0 Å². The topological polar surface area (TPSA) is 91.5 Å². The van der Waals surface area contributed by atoms with Gasteiger partial charge in [-0.15, -0.1) is 21.5 Å². The first kappa shape index (κ1) is 20.1. The summed E-state index contributed by atoms with van der Waals surface area (Å²) >= 11 is 1.74. The predicted octanol–water partition coefficient (Wildman–Crippen LogP) is 3.68. The number of piperidine rings is 1. The zero-order valence-electron chi connectivity index (χ0n) is 17.2. The number of aromatic nitrogens is 3. The van der Waals surface area contributed by atoms with Gasteiger partial charge in [0.15, 0.2) is 5.82 Å². The number of carboxylic acid groups (broad SMARTS) is 1. The maximum atomic E-state index is 12.3. The van der Waals surface area contributed by atoms with Gasteiger partial charge in [-0.05, 0) is 49.7 Å². The number of aliphatic carboxylic acids is 1. The molecule has 160 valence electrons. The molecule has 7 nitrogen and oxygen atoms in total. The first-order valence-electron chi connectivity index (χ1n) is 10.4. The van der Waals surface area contributed by atoms with Gasteiger partial charge in [0.25, 0.3) is 0 Å². The summed E-state index contributed by atoms with van der Waals surface area (Å²) in [5.74, 6) is 0.809. The summed E-state index contributed by atoms with van der Waals surface area (Å²) < 4.78 is 4.24. The highest BCUT2D eigenvalue weighted by Gasteiger charge is 2.33. The molecule has 0 amide bonds. The summed E-state index contributed by atoms with van der Waals surface area (Å²) in [5, 5.41) is 30.0. The Bertz CT molecular complexity index is 1260. The van der Waals surface area contributed by atoms with E-state index in [-0.39, 0.29) is 12.5 Å². The Morgan fingerprint density at radius 1 is 1.13 bits per heavy atom. The minimum absolute atomic E-state index is 0.136. The zero-order valence-corrected chi connectivity index (χ0v) is 18.0. The molecule has 1 unspecified atom stereocenters. The molecule has 2 aromatic carbocycles. The molecule has 0 aliphatic carbocycles. The van der Waals surface area contributed by atoms with Crippen LogP contribution in [0.15, 0.2) is 42.5 Å². The third-order valence-corrected chi connectivity index (χ3v) is 7.50. The van der Waals surface area contributed by atoms with E-state index < -0.39 is 12.0 Å². The maximum absolute atomic E-state index is 12.3. The lowest BCUT2D eigenvalue weighted by Crippen LogP contribution is -2.40. The van der Waals surface area contributed by atoms with Gasteiger partial charge in [0.2, 0.25) is 0 Å².